The highest BCUT2D eigenvalue weighted by atomic mass is 16.5. The summed E-state index contributed by atoms with van der Waals surface area (Å²) in [5, 5.41) is 0. The van der Waals surface area contributed by atoms with Crippen molar-refractivity contribution >= 4 is 5.69 Å². The van der Waals surface area contributed by atoms with Crippen molar-refractivity contribution in [1.82, 2.24) is 0 Å². The Balaban J connectivity index is 2.07. The third-order valence-corrected chi connectivity index (χ3v) is 3.48. The van der Waals surface area contributed by atoms with Crippen LogP contribution in [0.2, 0.25) is 0 Å². The molecule has 1 aliphatic carbocycles. The molecule has 2 unspecified atom stereocenters. The van der Waals surface area contributed by atoms with Gasteiger partial charge in [-0.2, -0.15) is 0 Å². The highest BCUT2D eigenvalue weighted by molar-refractivity contribution is 5.54. The molecule has 16 heavy (non-hydrogen) atoms. The van der Waals surface area contributed by atoms with E-state index in [0.717, 1.165) is 17.9 Å². The van der Waals surface area contributed by atoms with E-state index in [2.05, 4.69) is 13.0 Å². The maximum atomic E-state index is 6.03. The summed E-state index contributed by atoms with van der Waals surface area (Å²) in [6, 6.07) is 6.02. The summed E-state index contributed by atoms with van der Waals surface area (Å²) in [6.45, 7) is 4.32. The molecule has 2 nitrogen and oxygen atoms in total. The van der Waals surface area contributed by atoms with Gasteiger partial charge in [0, 0.05) is 0 Å². The van der Waals surface area contributed by atoms with Gasteiger partial charge in [-0.05, 0) is 49.8 Å². The molecule has 1 saturated carbocycles. The zero-order valence-corrected chi connectivity index (χ0v) is 10.2. The number of aryl methyl sites for hydroxylation is 1. The van der Waals surface area contributed by atoms with Crippen LogP contribution in [-0.2, 0) is 0 Å². The first-order valence-corrected chi connectivity index (χ1v) is 6.19. The van der Waals surface area contributed by atoms with E-state index in [1.54, 1.807) is 0 Å². The van der Waals surface area contributed by atoms with Crippen molar-refractivity contribution in [1.29, 1.82) is 0 Å². The van der Waals surface area contributed by atoms with Crippen LogP contribution in [-0.4, -0.2) is 6.10 Å². The van der Waals surface area contributed by atoms with Gasteiger partial charge in [0.2, 0.25) is 0 Å². The monoisotopic (exact) mass is 219 g/mol. The van der Waals surface area contributed by atoms with Crippen LogP contribution in [0, 0.1) is 12.8 Å². The van der Waals surface area contributed by atoms with E-state index >= 15 is 0 Å². The first-order chi connectivity index (χ1) is 7.66. The van der Waals surface area contributed by atoms with Crippen LogP contribution in [0.3, 0.4) is 0 Å². The first kappa shape index (κ1) is 11.3. The Kier molecular flexibility index (Phi) is 3.37. The highest BCUT2D eigenvalue weighted by Crippen LogP contribution is 2.30. The number of rotatable bonds is 2. The standard InChI is InChI=1S/C14H21NO/c1-10-7-8-14(12(15)9-10)16-13-6-4-3-5-11(13)2/h7-9,11,13H,3-6,15H2,1-2H3. The van der Waals surface area contributed by atoms with Gasteiger partial charge in [-0.3, -0.25) is 0 Å². The maximum Gasteiger partial charge on any atom is 0.142 e. The Hall–Kier alpha value is -1.18. The predicted octanol–water partition coefficient (Wildman–Crippen LogP) is 3.53. The smallest absolute Gasteiger partial charge is 0.142 e. The fourth-order valence-electron chi connectivity index (χ4n) is 2.40. The second kappa shape index (κ2) is 4.77. The number of nitrogen functional groups attached to an aromatic ring is 1. The van der Waals surface area contributed by atoms with E-state index in [0.29, 0.717) is 12.0 Å². The number of benzene rings is 1. The Morgan fingerprint density at radius 2 is 2.00 bits per heavy atom. The lowest BCUT2D eigenvalue weighted by Crippen LogP contribution is -2.28. The first-order valence-electron chi connectivity index (χ1n) is 6.19. The molecule has 0 bridgehead atoms. The van der Waals surface area contributed by atoms with Gasteiger partial charge in [0.1, 0.15) is 11.9 Å². The molecular formula is C14H21NO. The van der Waals surface area contributed by atoms with Gasteiger partial charge in [0.15, 0.2) is 0 Å². The number of hydrogen-bond acceptors (Lipinski definition) is 2. The second-order valence-corrected chi connectivity index (χ2v) is 4.96. The number of nitrogens with two attached hydrogens (primary N) is 1. The summed E-state index contributed by atoms with van der Waals surface area (Å²) in [4.78, 5) is 0. The maximum absolute atomic E-state index is 6.03. The number of ether oxygens (including phenoxy) is 1. The van der Waals surface area contributed by atoms with Gasteiger partial charge in [-0.25, -0.2) is 0 Å². The molecule has 0 radical (unpaired) electrons. The topological polar surface area (TPSA) is 35.2 Å². The molecule has 1 aromatic carbocycles. The fourth-order valence-corrected chi connectivity index (χ4v) is 2.40. The lowest BCUT2D eigenvalue weighted by molar-refractivity contribution is 0.103. The van der Waals surface area contributed by atoms with E-state index < -0.39 is 0 Å². The Labute approximate surface area is 97.8 Å². The number of hydrogen-bond donors (Lipinski definition) is 1. The Bertz CT molecular complexity index is 362. The van der Waals surface area contributed by atoms with E-state index in [1.165, 1.54) is 24.8 Å². The molecule has 1 aliphatic rings. The fraction of sp³-hybridized carbons (Fsp3) is 0.571. The van der Waals surface area contributed by atoms with Gasteiger partial charge in [-0.15, -0.1) is 0 Å². The molecule has 0 aliphatic heterocycles. The lowest BCUT2D eigenvalue weighted by Gasteiger charge is -2.29. The summed E-state index contributed by atoms with van der Waals surface area (Å²) in [5.74, 6) is 1.50. The van der Waals surface area contributed by atoms with Crippen LogP contribution in [0.4, 0.5) is 5.69 Å². The summed E-state index contributed by atoms with van der Waals surface area (Å²) >= 11 is 0. The number of anilines is 1. The summed E-state index contributed by atoms with van der Waals surface area (Å²) in [6.07, 6.45) is 5.40. The van der Waals surface area contributed by atoms with Crippen molar-refractivity contribution in [2.24, 2.45) is 5.92 Å². The molecule has 88 valence electrons. The average molecular weight is 219 g/mol. The Morgan fingerprint density at radius 1 is 1.25 bits per heavy atom. The second-order valence-electron chi connectivity index (χ2n) is 4.96. The lowest BCUT2D eigenvalue weighted by atomic mass is 9.88. The quantitative estimate of drug-likeness (QED) is 0.772. The van der Waals surface area contributed by atoms with E-state index in [1.807, 2.05) is 19.1 Å². The van der Waals surface area contributed by atoms with Crippen LogP contribution in [0.15, 0.2) is 18.2 Å². The van der Waals surface area contributed by atoms with Gasteiger partial charge < -0.3 is 10.5 Å². The van der Waals surface area contributed by atoms with Gasteiger partial charge in [-0.1, -0.05) is 19.4 Å². The molecule has 1 aromatic rings. The van der Waals surface area contributed by atoms with Crippen molar-refractivity contribution < 1.29 is 4.74 Å². The van der Waals surface area contributed by atoms with Crippen LogP contribution in [0.1, 0.15) is 38.2 Å². The minimum Gasteiger partial charge on any atom is -0.488 e. The zero-order valence-electron chi connectivity index (χ0n) is 10.2. The molecule has 0 heterocycles. The molecule has 2 atom stereocenters. The minimum absolute atomic E-state index is 0.346. The van der Waals surface area contributed by atoms with Crippen molar-refractivity contribution in [2.45, 2.75) is 45.6 Å². The van der Waals surface area contributed by atoms with Gasteiger partial charge >= 0.3 is 0 Å². The molecule has 2 heteroatoms. The summed E-state index contributed by atoms with van der Waals surface area (Å²) in [7, 11) is 0. The Morgan fingerprint density at radius 3 is 2.69 bits per heavy atom. The summed E-state index contributed by atoms with van der Waals surface area (Å²) in [5.41, 5.74) is 7.90. The predicted molar refractivity (Wildman–Crippen MR) is 67.6 cm³/mol. The van der Waals surface area contributed by atoms with Gasteiger partial charge in [0.25, 0.3) is 0 Å². The van der Waals surface area contributed by atoms with Crippen molar-refractivity contribution in [3.8, 4) is 5.75 Å². The van der Waals surface area contributed by atoms with Crippen LogP contribution < -0.4 is 10.5 Å². The molecule has 0 spiro atoms. The molecule has 1 fully saturated rings. The van der Waals surface area contributed by atoms with Crippen molar-refractivity contribution in [3.63, 3.8) is 0 Å². The van der Waals surface area contributed by atoms with E-state index in [-0.39, 0.29) is 0 Å². The SMILES string of the molecule is Cc1ccc(OC2CCCCC2C)c(N)c1. The molecule has 0 aromatic heterocycles. The normalized spacial score (nSPS) is 25.4. The van der Waals surface area contributed by atoms with Crippen LogP contribution in [0.5, 0.6) is 5.75 Å². The molecule has 0 saturated heterocycles. The van der Waals surface area contributed by atoms with Crippen LogP contribution >= 0.6 is 0 Å². The van der Waals surface area contributed by atoms with Crippen molar-refractivity contribution in [2.75, 3.05) is 5.73 Å². The minimum atomic E-state index is 0.346. The van der Waals surface area contributed by atoms with E-state index in [9.17, 15) is 0 Å². The molecule has 0 amide bonds. The highest BCUT2D eigenvalue weighted by Gasteiger charge is 2.23. The third-order valence-electron chi connectivity index (χ3n) is 3.48. The summed E-state index contributed by atoms with van der Waals surface area (Å²) < 4.78 is 6.03. The molecular weight excluding hydrogens is 198 g/mol. The third kappa shape index (κ3) is 2.49. The average Bonchev–Trinajstić information content (AvgIpc) is 2.25. The van der Waals surface area contributed by atoms with Gasteiger partial charge in [0.05, 0.1) is 5.69 Å². The largest absolute Gasteiger partial charge is 0.488 e. The van der Waals surface area contributed by atoms with E-state index in [4.69, 9.17) is 10.5 Å². The molecule has 2 N–H and O–H groups in total. The zero-order chi connectivity index (χ0) is 11.5. The van der Waals surface area contributed by atoms with Crippen LogP contribution in [0.25, 0.3) is 0 Å². The molecule has 2 rings (SSSR count). The van der Waals surface area contributed by atoms with Crippen molar-refractivity contribution in [3.05, 3.63) is 23.8 Å².